The number of carbonyl (C=O) groups excluding carboxylic acids is 1. The van der Waals surface area contributed by atoms with E-state index in [0.29, 0.717) is 23.0 Å². The lowest BCUT2D eigenvalue weighted by Crippen LogP contribution is -2.52. The van der Waals surface area contributed by atoms with E-state index in [9.17, 15) is 4.79 Å². The van der Waals surface area contributed by atoms with E-state index >= 15 is 0 Å². The molecule has 1 aromatic rings. The van der Waals surface area contributed by atoms with Gasteiger partial charge < -0.3 is 11.1 Å². The van der Waals surface area contributed by atoms with Crippen molar-refractivity contribution in [3.63, 3.8) is 0 Å². The molecule has 0 spiro atoms. The smallest absolute Gasteiger partial charge is 0.224 e. The monoisotopic (exact) mass is 336 g/mol. The fourth-order valence-electron chi connectivity index (χ4n) is 2.61. The lowest BCUT2D eigenvalue weighted by atomic mass is 9.97. The van der Waals surface area contributed by atoms with Crippen LogP contribution in [-0.4, -0.2) is 18.0 Å². The second-order valence-electron chi connectivity index (χ2n) is 5.16. The summed E-state index contributed by atoms with van der Waals surface area (Å²) in [7, 11) is 0. The first-order valence-corrected chi connectivity index (χ1v) is 7.25. The molecule has 0 atom stereocenters. The van der Waals surface area contributed by atoms with Crippen molar-refractivity contribution in [2.75, 3.05) is 6.54 Å². The fourth-order valence-corrected chi connectivity index (χ4v) is 2.93. The molecule has 0 aromatic heterocycles. The van der Waals surface area contributed by atoms with Gasteiger partial charge in [0.15, 0.2) is 0 Å². The summed E-state index contributed by atoms with van der Waals surface area (Å²) in [5.74, 6) is -0.00857. The molecule has 1 fully saturated rings. The summed E-state index contributed by atoms with van der Waals surface area (Å²) in [6, 6.07) is 5.26. The predicted octanol–water partition coefficient (Wildman–Crippen LogP) is 3.35. The third kappa shape index (κ3) is 4.26. The molecule has 1 amide bonds. The first-order valence-electron chi connectivity index (χ1n) is 6.50. The van der Waals surface area contributed by atoms with E-state index in [0.717, 1.165) is 31.2 Å². The van der Waals surface area contributed by atoms with Gasteiger partial charge in [-0.05, 0) is 30.5 Å². The van der Waals surface area contributed by atoms with Crippen LogP contribution in [0.15, 0.2) is 18.2 Å². The van der Waals surface area contributed by atoms with Crippen LogP contribution in [0.25, 0.3) is 0 Å². The van der Waals surface area contributed by atoms with Crippen LogP contribution in [0, 0.1) is 0 Å². The van der Waals surface area contributed by atoms with Crippen molar-refractivity contribution in [2.45, 2.75) is 37.6 Å². The molecule has 0 unspecified atom stereocenters. The van der Waals surface area contributed by atoms with Crippen molar-refractivity contribution in [1.82, 2.24) is 5.32 Å². The summed E-state index contributed by atoms with van der Waals surface area (Å²) in [6.07, 6.45) is 4.50. The van der Waals surface area contributed by atoms with E-state index in [1.807, 2.05) is 6.07 Å². The zero-order valence-electron chi connectivity index (χ0n) is 11.1. The highest BCUT2D eigenvalue weighted by Crippen LogP contribution is 2.29. The van der Waals surface area contributed by atoms with Gasteiger partial charge in [-0.2, -0.15) is 0 Å². The number of amides is 1. The molecule has 112 valence electrons. The average Bonchev–Trinajstić information content (AvgIpc) is 2.83. The molecule has 2 rings (SSSR count). The van der Waals surface area contributed by atoms with E-state index in [1.165, 1.54) is 0 Å². The second-order valence-corrected chi connectivity index (χ2v) is 5.98. The molecule has 0 saturated heterocycles. The van der Waals surface area contributed by atoms with Gasteiger partial charge in [0.05, 0.1) is 22.0 Å². The third-order valence-corrected chi connectivity index (χ3v) is 4.44. The molecule has 0 aliphatic heterocycles. The summed E-state index contributed by atoms with van der Waals surface area (Å²) < 4.78 is 0. The molecule has 1 aliphatic rings. The molecule has 0 radical (unpaired) electrons. The van der Waals surface area contributed by atoms with Crippen molar-refractivity contribution >= 4 is 41.5 Å². The molecule has 0 bridgehead atoms. The van der Waals surface area contributed by atoms with Gasteiger partial charge in [-0.3, -0.25) is 4.79 Å². The van der Waals surface area contributed by atoms with Crippen molar-refractivity contribution in [3.05, 3.63) is 33.8 Å². The fraction of sp³-hybridized carbons (Fsp3) is 0.500. The van der Waals surface area contributed by atoms with Crippen molar-refractivity contribution in [3.8, 4) is 0 Å². The Morgan fingerprint density at radius 3 is 2.45 bits per heavy atom. The van der Waals surface area contributed by atoms with Crippen LogP contribution < -0.4 is 11.1 Å². The highest BCUT2D eigenvalue weighted by atomic mass is 35.5. The van der Waals surface area contributed by atoms with Crippen LogP contribution in [0.1, 0.15) is 31.2 Å². The third-order valence-electron chi connectivity index (χ3n) is 3.70. The summed E-state index contributed by atoms with van der Waals surface area (Å²) in [5.41, 5.74) is 6.46. The number of hydrogen-bond donors (Lipinski definition) is 2. The topological polar surface area (TPSA) is 55.1 Å². The van der Waals surface area contributed by atoms with Crippen molar-refractivity contribution in [2.24, 2.45) is 5.73 Å². The molecule has 6 heteroatoms. The molecule has 1 aliphatic carbocycles. The van der Waals surface area contributed by atoms with Crippen LogP contribution in [0.2, 0.25) is 10.0 Å². The number of nitrogens with two attached hydrogens (primary N) is 1. The standard InChI is InChI=1S/C14H18Cl2N2O.ClH/c15-11-4-3-10(7-12(11)16)8-13(19)18-14(9-17)5-1-2-6-14;/h3-4,7H,1-2,5-6,8-9,17H2,(H,18,19);1H. The van der Waals surface area contributed by atoms with E-state index in [-0.39, 0.29) is 23.9 Å². The Labute approximate surface area is 135 Å². The van der Waals surface area contributed by atoms with Gasteiger partial charge in [0.2, 0.25) is 5.91 Å². The molecular formula is C14H19Cl3N2O. The summed E-state index contributed by atoms with van der Waals surface area (Å²) >= 11 is 11.8. The molecule has 1 aromatic carbocycles. The van der Waals surface area contributed by atoms with Crippen LogP contribution in [0.4, 0.5) is 0 Å². The number of rotatable bonds is 4. The van der Waals surface area contributed by atoms with Crippen molar-refractivity contribution < 1.29 is 4.79 Å². The summed E-state index contributed by atoms with van der Waals surface area (Å²) in [5, 5.41) is 4.06. The Bertz CT molecular complexity index is 473. The zero-order valence-corrected chi connectivity index (χ0v) is 13.5. The number of benzene rings is 1. The van der Waals surface area contributed by atoms with Crippen LogP contribution >= 0.6 is 35.6 Å². The molecule has 3 N–H and O–H groups in total. The lowest BCUT2D eigenvalue weighted by Gasteiger charge is -2.28. The minimum atomic E-state index is -0.201. The minimum Gasteiger partial charge on any atom is -0.349 e. The average molecular weight is 338 g/mol. The van der Waals surface area contributed by atoms with Gasteiger partial charge in [-0.1, -0.05) is 42.1 Å². The maximum Gasteiger partial charge on any atom is 0.224 e. The van der Waals surface area contributed by atoms with E-state index in [2.05, 4.69) is 5.32 Å². The second kappa shape index (κ2) is 7.51. The number of hydrogen-bond acceptors (Lipinski definition) is 2. The maximum atomic E-state index is 12.1. The Morgan fingerprint density at radius 2 is 1.90 bits per heavy atom. The lowest BCUT2D eigenvalue weighted by molar-refractivity contribution is -0.122. The maximum absolute atomic E-state index is 12.1. The highest BCUT2D eigenvalue weighted by Gasteiger charge is 2.33. The van der Waals surface area contributed by atoms with Gasteiger partial charge in [0, 0.05) is 6.54 Å². The van der Waals surface area contributed by atoms with E-state index in [4.69, 9.17) is 28.9 Å². The van der Waals surface area contributed by atoms with Crippen LogP contribution in [0.3, 0.4) is 0 Å². The number of halogens is 3. The highest BCUT2D eigenvalue weighted by molar-refractivity contribution is 6.42. The Kier molecular flexibility index (Phi) is 6.59. The van der Waals surface area contributed by atoms with E-state index in [1.54, 1.807) is 12.1 Å². The molecule has 0 heterocycles. The summed E-state index contributed by atoms with van der Waals surface area (Å²) in [6.45, 7) is 0.500. The van der Waals surface area contributed by atoms with Gasteiger partial charge >= 0.3 is 0 Å². The first kappa shape index (κ1) is 17.6. The quantitative estimate of drug-likeness (QED) is 0.885. The normalized spacial score (nSPS) is 16.6. The first-order chi connectivity index (χ1) is 9.04. The SMILES string of the molecule is Cl.NCC1(NC(=O)Cc2ccc(Cl)c(Cl)c2)CCCC1. The predicted molar refractivity (Wildman–Crippen MR) is 85.8 cm³/mol. The Hall–Kier alpha value is -0.480. The van der Waals surface area contributed by atoms with Gasteiger partial charge in [-0.25, -0.2) is 0 Å². The molecule has 20 heavy (non-hydrogen) atoms. The van der Waals surface area contributed by atoms with Crippen LogP contribution in [-0.2, 0) is 11.2 Å². The zero-order chi connectivity index (χ0) is 13.9. The summed E-state index contributed by atoms with van der Waals surface area (Å²) in [4.78, 5) is 12.1. The Morgan fingerprint density at radius 1 is 1.25 bits per heavy atom. The Balaban J connectivity index is 0.00000200. The van der Waals surface area contributed by atoms with E-state index < -0.39 is 0 Å². The van der Waals surface area contributed by atoms with Crippen molar-refractivity contribution in [1.29, 1.82) is 0 Å². The minimum absolute atomic E-state index is 0. The van der Waals surface area contributed by atoms with Gasteiger partial charge in [-0.15, -0.1) is 12.4 Å². The molecule has 3 nitrogen and oxygen atoms in total. The van der Waals surface area contributed by atoms with Gasteiger partial charge in [0.1, 0.15) is 0 Å². The largest absolute Gasteiger partial charge is 0.349 e. The number of nitrogens with one attached hydrogen (secondary N) is 1. The molecule has 1 saturated carbocycles. The van der Waals surface area contributed by atoms with Crippen LogP contribution in [0.5, 0.6) is 0 Å². The number of carbonyl (C=O) groups is 1. The van der Waals surface area contributed by atoms with Gasteiger partial charge in [0.25, 0.3) is 0 Å². The molecular weight excluding hydrogens is 319 g/mol.